The van der Waals surface area contributed by atoms with Crippen molar-refractivity contribution in [2.45, 2.75) is 18.9 Å². The molecule has 148 valence electrons. The minimum Gasteiger partial charge on any atom is -0.465 e. The van der Waals surface area contributed by atoms with Crippen LogP contribution in [-0.4, -0.2) is 49.6 Å². The Morgan fingerprint density at radius 2 is 2.07 bits per heavy atom. The van der Waals surface area contributed by atoms with Crippen molar-refractivity contribution in [2.24, 2.45) is 5.41 Å². The maximum Gasteiger partial charge on any atom is 0.494 e. The molecule has 0 amide bonds. The van der Waals surface area contributed by atoms with Gasteiger partial charge in [-0.25, -0.2) is 14.8 Å². The Morgan fingerprint density at radius 3 is 2.71 bits per heavy atom. The van der Waals surface area contributed by atoms with Gasteiger partial charge in [0.2, 0.25) is 5.95 Å². The van der Waals surface area contributed by atoms with Crippen molar-refractivity contribution in [2.75, 3.05) is 31.9 Å². The summed E-state index contributed by atoms with van der Waals surface area (Å²) in [4.78, 5) is 20.9. The molecular formula is C18H21BClN3O4S. The molecule has 2 heterocycles. The van der Waals surface area contributed by atoms with E-state index in [0.717, 1.165) is 0 Å². The maximum atomic E-state index is 12.3. The first-order valence-corrected chi connectivity index (χ1v) is 10.2. The van der Waals surface area contributed by atoms with Gasteiger partial charge in [0.15, 0.2) is 0 Å². The third-order valence-electron chi connectivity index (χ3n) is 4.12. The molecule has 0 spiro atoms. The number of nitrogens with zero attached hydrogens (tertiary/aromatic N) is 2. The highest BCUT2D eigenvalue weighted by Gasteiger charge is 2.36. The summed E-state index contributed by atoms with van der Waals surface area (Å²) in [5.74, 6) is -0.0956. The summed E-state index contributed by atoms with van der Waals surface area (Å²) in [6, 6.07) is 5.26. The zero-order valence-electron chi connectivity index (χ0n) is 16.1. The molecule has 1 aromatic heterocycles. The highest BCUT2D eigenvalue weighted by Crippen LogP contribution is 2.25. The van der Waals surface area contributed by atoms with E-state index in [1.807, 2.05) is 12.3 Å². The molecule has 28 heavy (non-hydrogen) atoms. The summed E-state index contributed by atoms with van der Waals surface area (Å²) in [6.45, 7) is 5.20. The molecule has 0 radical (unpaired) electrons. The fourth-order valence-corrected chi connectivity index (χ4v) is 3.43. The van der Waals surface area contributed by atoms with Crippen LogP contribution in [-0.2, 0) is 14.0 Å². The molecule has 7 nitrogen and oxygen atoms in total. The van der Waals surface area contributed by atoms with E-state index < -0.39 is 13.1 Å². The number of halogens is 1. The number of rotatable bonds is 5. The average molecular weight is 422 g/mol. The van der Waals surface area contributed by atoms with Gasteiger partial charge in [0.25, 0.3) is 0 Å². The molecule has 0 saturated carbocycles. The second-order valence-electron chi connectivity index (χ2n) is 7.09. The van der Waals surface area contributed by atoms with E-state index in [4.69, 9.17) is 25.6 Å². The summed E-state index contributed by atoms with van der Waals surface area (Å²) in [5.41, 5.74) is 1.55. The van der Waals surface area contributed by atoms with Gasteiger partial charge in [0.1, 0.15) is 5.03 Å². The Morgan fingerprint density at radius 1 is 1.36 bits per heavy atom. The standard InChI is InChI=1S/C18H21BClN3O4S/c1-18(2)9-26-19(27-10-18)13-6-5-11(7-12(13)16(24)25-3)22-17-21-8-14(20)15(23-17)28-4/h5-8H,9-10H2,1-4H3,(H,21,22,23). The van der Waals surface area contributed by atoms with Crippen molar-refractivity contribution in [1.29, 1.82) is 0 Å². The van der Waals surface area contributed by atoms with Crippen LogP contribution in [0.15, 0.2) is 29.4 Å². The second-order valence-corrected chi connectivity index (χ2v) is 8.29. The summed E-state index contributed by atoms with van der Waals surface area (Å²) in [6.07, 6.45) is 3.41. The number of nitrogens with one attached hydrogen (secondary N) is 1. The number of hydrogen-bond acceptors (Lipinski definition) is 8. The van der Waals surface area contributed by atoms with Gasteiger partial charge >= 0.3 is 13.1 Å². The number of carbonyl (C=O) groups excluding carboxylic acids is 1. The first-order valence-electron chi connectivity index (χ1n) is 8.62. The lowest BCUT2D eigenvalue weighted by Gasteiger charge is -2.33. The van der Waals surface area contributed by atoms with Crippen molar-refractivity contribution in [3.05, 3.63) is 35.0 Å². The van der Waals surface area contributed by atoms with Crippen LogP contribution in [0.2, 0.25) is 5.02 Å². The first kappa shape index (κ1) is 20.9. The Hall–Kier alpha value is -1.81. The summed E-state index contributed by atoms with van der Waals surface area (Å²) >= 11 is 7.47. The van der Waals surface area contributed by atoms with Crippen LogP contribution in [0.3, 0.4) is 0 Å². The molecule has 1 N–H and O–H groups in total. The van der Waals surface area contributed by atoms with Crippen molar-refractivity contribution < 1.29 is 18.8 Å². The molecule has 0 atom stereocenters. The van der Waals surface area contributed by atoms with Gasteiger partial charge in [-0.1, -0.05) is 31.5 Å². The van der Waals surface area contributed by atoms with E-state index >= 15 is 0 Å². The maximum absolute atomic E-state index is 12.3. The smallest absolute Gasteiger partial charge is 0.465 e. The Labute approximate surface area is 173 Å². The number of carbonyl (C=O) groups is 1. The van der Waals surface area contributed by atoms with Gasteiger partial charge in [-0.2, -0.15) is 0 Å². The van der Waals surface area contributed by atoms with Crippen LogP contribution in [0.1, 0.15) is 24.2 Å². The lowest BCUT2D eigenvalue weighted by molar-refractivity contribution is 0.0340. The Kier molecular flexibility index (Phi) is 6.49. The fraction of sp³-hybridized carbons (Fsp3) is 0.389. The monoisotopic (exact) mass is 421 g/mol. The number of benzene rings is 1. The van der Waals surface area contributed by atoms with E-state index in [-0.39, 0.29) is 5.41 Å². The van der Waals surface area contributed by atoms with Crippen LogP contribution in [0.4, 0.5) is 11.6 Å². The van der Waals surface area contributed by atoms with Gasteiger partial charge in [0, 0.05) is 24.3 Å². The predicted molar refractivity (Wildman–Crippen MR) is 111 cm³/mol. The SMILES string of the molecule is COC(=O)c1cc(Nc2ncc(Cl)c(SC)n2)ccc1B1OCC(C)(C)CO1. The van der Waals surface area contributed by atoms with Crippen molar-refractivity contribution in [3.8, 4) is 0 Å². The second kappa shape index (κ2) is 8.69. The molecule has 3 rings (SSSR count). The minimum atomic E-state index is -0.619. The van der Waals surface area contributed by atoms with E-state index in [2.05, 4.69) is 29.1 Å². The zero-order chi connectivity index (χ0) is 20.3. The van der Waals surface area contributed by atoms with Crippen molar-refractivity contribution >= 4 is 53.5 Å². The molecule has 0 bridgehead atoms. The number of methoxy groups -OCH3 is 1. The normalized spacial score (nSPS) is 16.0. The number of aromatic nitrogens is 2. The molecule has 1 fully saturated rings. The first-order chi connectivity index (χ1) is 13.3. The Balaban J connectivity index is 1.87. The molecule has 0 aliphatic carbocycles. The largest absolute Gasteiger partial charge is 0.494 e. The lowest BCUT2D eigenvalue weighted by Crippen LogP contribution is -2.49. The number of anilines is 2. The molecule has 1 saturated heterocycles. The number of hydrogen-bond donors (Lipinski definition) is 1. The van der Waals surface area contributed by atoms with Crippen LogP contribution in [0, 0.1) is 5.41 Å². The molecule has 2 aromatic rings. The summed E-state index contributed by atoms with van der Waals surface area (Å²) in [7, 11) is 0.719. The molecule has 1 aliphatic rings. The van der Waals surface area contributed by atoms with Gasteiger partial charge in [-0.05, 0) is 23.9 Å². The summed E-state index contributed by atoms with van der Waals surface area (Å²) < 4.78 is 16.6. The van der Waals surface area contributed by atoms with Crippen LogP contribution < -0.4 is 10.8 Å². The number of ether oxygens (including phenoxy) is 1. The predicted octanol–water partition coefficient (Wildman–Crippen LogP) is 3.15. The molecule has 1 aliphatic heterocycles. The zero-order valence-corrected chi connectivity index (χ0v) is 17.7. The van der Waals surface area contributed by atoms with Gasteiger partial charge in [-0.3, -0.25) is 0 Å². The van der Waals surface area contributed by atoms with Gasteiger partial charge in [-0.15, -0.1) is 11.8 Å². The fourth-order valence-electron chi connectivity index (χ4n) is 2.68. The third-order valence-corrected chi connectivity index (χ3v) is 5.21. The topological polar surface area (TPSA) is 82.6 Å². The Bertz CT molecular complexity index is 874. The average Bonchev–Trinajstić information content (AvgIpc) is 2.69. The van der Waals surface area contributed by atoms with Gasteiger partial charge < -0.3 is 19.4 Å². The third kappa shape index (κ3) is 4.78. The van der Waals surface area contributed by atoms with Crippen molar-refractivity contribution in [1.82, 2.24) is 9.97 Å². The van der Waals surface area contributed by atoms with Crippen molar-refractivity contribution in [3.63, 3.8) is 0 Å². The highest BCUT2D eigenvalue weighted by atomic mass is 35.5. The van der Waals surface area contributed by atoms with Crippen LogP contribution >= 0.6 is 23.4 Å². The van der Waals surface area contributed by atoms with E-state index in [9.17, 15) is 4.79 Å². The molecule has 10 heteroatoms. The van der Waals surface area contributed by atoms with Crippen LogP contribution in [0.5, 0.6) is 0 Å². The van der Waals surface area contributed by atoms with E-state index in [1.54, 1.807) is 12.1 Å². The quantitative estimate of drug-likeness (QED) is 0.341. The van der Waals surface area contributed by atoms with E-state index in [1.165, 1.54) is 25.1 Å². The highest BCUT2D eigenvalue weighted by molar-refractivity contribution is 7.98. The molecule has 0 unspecified atom stereocenters. The summed E-state index contributed by atoms with van der Waals surface area (Å²) in [5, 5.41) is 4.23. The number of esters is 1. The number of thioether (sulfide) groups is 1. The molecule has 1 aromatic carbocycles. The van der Waals surface area contributed by atoms with E-state index in [0.29, 0.717) is 45.9 Å². The van der Waals surface area contributed by atoms with Gasteiger partial charge in [0.05, 0.1) is 23.9 Å². The minimum absolute atomic E-state index is 0.0651. The lowest BCUT2D eigenvalue weighted by atomic mass is 9.73. The molecular weight excluding hydrogens is 401 g/mol. The van der Waals surface area contributed by atoms with Crippen LogP contribution in [0.25, 0.3) is 0 Å².